The topological polar surface area (TPSA) is 98.3 Å². The van der Waals surface area contributed by atoms with Gasteiger partial charge in [-0.25, -0.2) is 4.98 Å². The fraction of sp³-hybridized carbons (Fsp3) is 0.286. The molecule has 0 aliphatic carbocycles. The number of hydrogen-bond donors (Lipinski definition) is 3. The van der Waals surface area contributed by atoms with Gasteiger partial charge in [-0.1, -0.05) is 11.6 Å². The van der Waals surface area contributed by atoms with E-state index in [1.165, 1.54) is 0 Å². The van der Waals surface area contributed by atoms with Gasteiger partial charge < -0.3 is 20.3 Å². The van der Waals surface area contributed by atoms with Crippen LogP contribution in [0.2, 0.25) is 5.02 Å². The summed E-state index contributed by atoms with van der Waals surface area (Å²) in [5, 5.41) is 13.1. The summed E-state index contributed by atoms with van der Waals surface area (Å²) in [5.41, 5.74) is 2.39. The number of H-pyrrole nitrogens is 1. The third-order valence-corrected chi connectivity index (χ3v) is 5.30. The van der Waals surface area contributed by atoms with Gasteiger partial charge in [-0.2, -0.15) is 0 Å². The van der Waals surface area contributed by atoms with Crippen molar-refractivity contribution in [3.05, 3.63) is 64.4 Å². The number of fused-ring (bicyclic) bond motifs is 1. The van der Waals surface area contributed by atoms with E-state index in [1.54, 1.807) is 42.5 Å². The van der Waals surface area contributed by atoms with Crippen LogP contribution in [0.3, 0.4) is 0 Å². The number of aliphatic hydroxyl groups is 1. The number of likely N-dealkylation sites (tertiary alicyclic amines) is 1. The first-order valence-electron chi connectivity index (χ1n) is 9.51. The van der Waals surface area contributed by atoms with Crippen molar-refractivity contribution in [3.63, 3.8) is 0 Å². The molecule has 0 unspecified atom stereocenters. The van der Waals surface area contributed by atoms with Crippen molar-refractivity contribution in [2.75, 3.05) is 19.7 Å². The van der Waals surface area contributed by atoms with Gasteiger partial charge in [0.15, 0.2) is 0 Å². The summed E-state index contributed by atoms with van der Waals surface area (Å²) in [7, 11) is 0. The van der Waals surface area contributed by atoms with Crippen LogP contribution in [0.5, 0.6) is 0 Å². The quantitative estimate of drug-likeness (QED) is 0.600. The fourth-order valence-corrected chi connectivity index (χ4v) is 3.65. The summed E-state index contributed by atoms with van der Waals surface area (Å²) in [6.07, 6.45) is 2.06. The Hall–Kier alpha value is -2.90. The predicted octanol–water partition coefficient (Wildman–Crippen LogP) is 2.92. The van der Waals surface area contributed by atoms with Crippen LogP contribution in [0.4, 0.5) is 0 Å². The summed E-state index contributed by atoms with van der Waals surface area (Å²) < 4.78 is 0. The molecule has 1 fully saturated rings. The molecule has 0 bridgehead atoms. The van der Waals surface area contributed by atoms with Gasteiger partial charge in [0.1, 0.15) is 11.9 Å². The van der Waals surface area contributed by atoms with Gasteiger partial charge in [0.25, 0.3) is 11.8 Å². The lowest BCUT2D eigenvalue weighted by Crippen LogP contribution is -2.31. The number of hydrogen-bond acceptors (Lipinski definition) is 4. The molecule has 0 spiro atoms. The first kappa shape index (κ1) is 19.4. The number of aromatic amines is 1. The van der Waals surface area contributed by atoms with Gasteiger partial charge in [0.05, 0.1) is 17.6 Å². The van der Waals surface area contributed by atoms with Crippen molar-refractivity contribution >= 4 is 34.4 Å². The molecule has 2 heterocycles. The molecular weight excluding hydrogens is 392 g/mol. The number of rotatable bonds is 5. The zero-order valence-electron chi connectivity index (χ0n) is 15.7. The minimum atomic E-state index is -0.695. The van der Waals surface area contributed by atoms with Crippen LogP contribution in [0.15, 0.2) is 42.5 Å². The number of imidazole rings is 1. The van der Waals surface area contributed by atoms with E-state index in [-0.39, 0.29) is 18.4 Å². The maximum Gasteiger partial charge on any atom is 0.253 e. The molecule has 150 valence electrons. The molecular formula is C21H21ClN4O3. The number of carbonyl (C=O) groups is 2. The maximum absolute atomic E-state index is 12.6. The second-order valence-electron chi connectivity index (χ2n) is 7.07. The Morgan fingerprint density at radius 1 is 1.14 bits per heavy atom. The largest absolute Gasteiger partial charge is 0.394 e. The van der Waals surface area contributed by atoms with E-state index in [2.05, 4.69) is 15.3 Å². The lowest BCUT2D eigenvalue weighted by Gasteiger charge is -2.16. The van der Waals surface area contributed by atoms with Gasteiger partial charge in [-0.15, -0.1) is 0 Å². The lowest BCUT2D eigenvalue weighted by atomic mass is 10.1. The van der Waals surface area contributed by atoms with Gasteiger partial charge in [-0.05, 0) is 55.3 Å². The number of halogens is 1. The Kier molecular flexibility index (Phi) is 5.51. The van der Waals surface area contributed by atoms with Crippen molar-refractivity contribution in [1.29, 1.82) is 0 Å². The highest BCUT2D eigenvalue weighted by molar-refractivity contribution is 6.31. The summed E-state index contributed by atoms with van der Waals surface area (Å²) in [5.74, 6) is 0.0743. The molecule has 1 atom stereocenters. The normalized spacial score (nSPS) is 14.9. The van der Waals surface area contributed by atoms with Crippen LogP contribution in [0.1, 0.15) is 45.4 Å². The maximum atomic E-state index is 12.6. The minimum absolute atomic E-state index is 0.0105. The number of aliphatic hydroxyl groups excluding tert-OH is 1. The molecule has 0 saturated carbocycles. The highest BCUT2D eigenvalue weighted by atomic mass is 35.5. The number of nitrogens with one attached hydrogen (secondary N) is 2. The lowest BCUT2D eigenvalue weighted by molar-refractivity contribution is 0.0792. The molecule has 8 heteroatoms. The van der Waals surface area contributed by atoms with Crippen molar-refractivity contribution in [1.82, 2.24) is 20.2 Å². The summed E-state index contributed by atoms with van der Waals surface area (Å²) in [6.45, 7) is 1.24. The molecule has 1 aliphatic heterocycles. The number of carbonyl (C=O) groups excluding carboxylic acids is 2. The van der Waals surface area contributed by atoms with E-state index in [1.807, 2.05) is 4.90 Å². The highest BCUT2D eigenvalue weighted by Crippen LogP contribution is 2.20. The van der Waals surface area contributed by atoms with Crippen LogP contribution in [-0.4, -0.2) is 51.5 Å². The monoisotopic (exact) mass is 412 g/mol. The zero-order chi connectivity index (χ0) is 20.4. The smallest absolute Gasteiger partial charge is 0.253 e. The Bertz CT molecular complexity index is 1040. The van der Waals surface area contributed by atoms with Crippen LogP contribution in [0.25, 0.3) is 11.0 Å². The third kappa shape index (κ3) is 4.11. The molecule has 0 radical (unpaired) electrons. The number of aromatic nitrogens is 2. The van der Waals surface area contributed by atoms with Gasteiger partial charge in [0, 0.05) is 29.2 Å². The second-order valence-corrected chi connectivity index (χ2v) is 7.51. The molecule has 7 nitrogen and oxygen atoms in total. The van der Waals surface area contributed by atoms with Gasteiger partial charge in [0.2, 0.25) is 0 Å². The summed E-state index contributed by atoms with van der Waals surface area (Å²) >= 11 is 5.99. The van der Waals surface area contributed by atoms with E-state index < -0.39 is 6.04 Å². The average Bonchev–Trinajstić information content (AvgIpc) is 3.41. The first-order valence-corrected chi connectivity index (χ1v) is 9.89. The highest BCUT2D eigenvalue weighted by Gasteiger charge is 2.21. The standard InChI is InChI=1S/C21H21ClN4O3/c22-15-7-8-16-17(11-15)24-19(23-16)18(12-27)25-20(28)13-3-5-14(6-4-13)21(29)26-9-1-2-10-26/h3-8,11,18,27H,1-2,9-10,12H2,(H,23,24)(H,25,28)/t18-/m0/s1. The minimum Gasteiger partial charge on any atom is -0.394 e. The molecule has 2 amide bonds. The van der Waals surface area contributed by atoms with Crippen LogP contribution < -0.4 is 5.32 Å². The average molecular weight is 413 g/mol. The summed E-state index contributed by atoms with van der Waals surface area (Å²) in [6, 6.07) is 11.1. The van der Waals surface area contributed by atoms with Gasteiger partial charge >= 0.3 is 0 Å². The van der Waals surface area contributed by atoms with Crippen molar-refractivity contribution in [2.24, 2.45) is 0 Å². The Labute approximate surface area is 172 Å². The van der Waals surface area contributed by atoms with Crippen molar-refractivity contribution < 1.29 is 14.7 Å². The van der Waals surface area contributed by atoms with Crippen LogP contribution in [0, 0.1) is 0 Å². The molecule has 29 heavy (non-hydrogen) atoms. The van der Waals surface area contributed by atoms with Crippen molar-refractivity contribution in [3.8, 4) is 0 Å². The van der Waals surface area contributed by atoms with E-state index in [0.29, 0.717) is 27.5 Å². The zero-order valence-corrected chi connectivity index (χ0v) is 16.4. The predicted molar refractivity (Wildman–Crippen MR) is 110 cm³/mol. The second kappa shape index (κ2) is 8.23. The van der Waals surface area contributed by atoms with E-state index in [0.717, 1.165) is 31.4 Å². The SMILES string of the molecule is O=C(N[C@@H](CO)c1nc2ccc(Cl)cc2[nH]1)c1ccc(C(=O)N2CCCC2)cc1. The van der Waals surface area contributed by atoms with Crippen molar-refractivity contribution in [2.45, 2.75) is 18.9 Å². The Balaban J connectivity index is 1.47. The summed E-state index contributed by atoms with van der Waals surface area (Å²) in [4.78, 5) is 34.3. The fourth-order valence-electron chi connectivity index (χ4n) is 3.48. The third-order valence-electron chi connectivity index (χ3n) is 5.07. The van der Waals surface area contributed by atoms with E-state index >= 15 is 0 Å². The molecule has 3 aromatic rings. The molecule has 4 rings (SSSR count). The molecule has 1 saturated heterocycles. The number of nitrogens with zero attached hydrogens (tertiary/aromatic N) is 2. The van der Waals surface area contributed by atoms with Crippen LogP contribution >= 0.6 is 11.6 Å². The van der Waals surface area contributed by atoms with E-state index in [9.17, 15) is 14.7 Å². The number of benzene rings is 2. The molecule has 3 N–H and O–H groups in total. The molecule has 2 aromatic carbocycles. The molecule has 1 aromatic heterocycles. The first-order chi connectivity index (χ1) is 14.0. The van der Waals surface area contributed by atoms with E-state index in [4.69, 9.17) is 11.6 Å². The Morgan fingerprint density at radius 3 is 2.52 bits per heavy atom. The van der Waals surface area contributed by atoms with Crippen LogP contribution in [-0.2, 0) is 0 Å². The number of amides is 2. The molecule has 1 aliphatic rings. The Morgan fingerprint density at radius 2 is 1.83 bits per heavy atom. The van der Waals surface area contributed by atoms with Gasteiger partial charge in [-0.3, -0.25) is 9.59 Å².